The first-order valence-corrected chi connectivity index (χ1v) is 4.89. The summed E-state index contributed by atoms with van der Waals surface area (Å²) in [6.45, 7) is 0. The Morgan fingerprint density at radius 2 is 2.23 bits per heavy atom. The highest BCUT2D eigenvalue weighted by Gasteiger charge is 2.09. The highest BCUT2D eigenvalue weighted by molar-refractivity contribution is 7.80. The Labute approximate surface area is 84.5 Å². The zero-order valence-electron chi connectivity index (χ0n) is 6.48. The quantitative estimate of drug-likeness (QED) is 0.652. The van der Waals surface area contributed by atoms with Crippen LogP contribution in [0.1, 0.15) is 5.56 Å². The van der Waals surface area contributed by atoms with Crippen LogP contribution in [0.5, 0.6) is 5.75 Å². The second-order valence-corrected chi connectivity index (χ2v) is 3.93. The molecule has 1 aromatic heterocycles. The molecular weight excluding hydrogens is 202 g/mol. The minimum Gasteiger partial charge on any atom is -0.506 e. The van der Waals surface area contributed by atoms with Crippen molar-refractivity contribution in [3.8, 4) is 11.8 Å². The van der Waals surface area contributed by atoms with E-state index in [1.54, 1.807) is 17.5 Å². The van der Waals surface area contributed by atoms with Gasteiger partial charge in [-0.05, 0) is 12.1 Å². The lowest BCUT2D eigenvalue weighted by atomic mass is 10.2. The molecule has 0 saturated carbocycles. The largest absolute Gasteiger partial charge is 0.506 e. The van der Waals surface area contributed by atoms with Gasteiger partial charge in [0.2, 0.25) is 0 Å². The van der Waals surface area contributed by atoms with Crippen molar-refractivity contribution < 1.29 is 5.11 Å². The third-order valence-electron chi connectivity index (χ3n) is 1.80. The lowest BCUT2D eigenvalue weighted by Crippen LogP contribution is -1.75. The van der Waals surface area contributed by atoms with Crippen LogP contribution in [0.2, 0.25) is 0 Å². The van der Waals surface area contributed by atoms with E-state index in [2.05, 4.69) is 18.7 Å². The highest BCUT2D eigenvalue weighted by atomic mass is 32.1. The molecule has 13 heavy (non-hydrogen) atoms. The molecule has 0 radical (unpaired) electrons. The molecule has 0 aliphatic rings. The molecule has 2 aromatic rings. The Morgan fingerprint density at radius 1 is 1.46 bits per heavy atom. The topological polar surface area (TPSA) is 44.0 Å². The van der Waals surface area contributed by atoms with E-state index >= 15 is 0 Å². The molecule has 0 aliphatic carbocycles. The van der Waals surface area contributed by atoms with Crippen molar-refractivity contribution in [3.05, 3.63) is 23.1 Å². The summed E-state index contributed by atoms with van der Waals surface area (Å²) in [7, 11) is 0. The van der Waals surface area contributed by atoms with E-state index in [1.165, 1.54) is 11.3 Å². The van der Waals surface area contributed by atoms with Gasteiger partial charge in [-0.15, -0.1) is 24.0 Å². The first kappa shape index (κ1) is 8.42. The number of hydrogen-bond acceptors (Lipinski definition) is 4. The van der Waals surface area contributed by atoms with Crippen LogP contribution < -0.4 is 0 Å². The van der Waals surface area contributed by atoms with Crippen LogP contribution >= 0.6 is 24.0 Å². The van der Waals surface area contributed by atoms with Crippen LogP contribution in [0.15, 0.2) is 22.4 Å². The molecule has 1 heterocycles. The van der Waals surface area contributed by atoms with Crippen molar-refractivity contribution in [1.82, 2.24) is 0 Å². The predicted molar refractivity (Wildman–Crippen MR) is 55.5 cm³/mol. The molecule has 0 aliphatic heterocycles. The summed E-state index contributed by atoms with van der Waals surface area (Å²) in [5.41, 5.74) is 0.582. The summed E-state index contributed by atoms with van der Waals surface area (Å²) in [6, 6.07) is 5.50. The molecule has 0 atom stereocenters. The molecule has 64 valence electrons. The van der Waals surface area contributed by atoms with Gasteiger partial charge < -0.3 is 5.11 Å². The number of fused-ring (bicyclic) bond motifs is 1. The zero-order chi connectivity index (χ0) is 9.42. The molecule has 0 fully saturated rings. The SMILES string of the molecule is N#Cc1ccc(S)c2c(O)csc12. The van der Waals surface area contributed by atoms with Crippen molar-refractivity contribution in [2.24, 2.45) is 0 Å². The van der Waals surface area contributed by atoms with Crippen LogP contribution in [0.25, 0.3) is 10.1 Å². The normalized spacial score (nSPS) is 10.2. The summed E-state index contributed by atoms with van der Waals surface area (Å²) in [5, 5.41) is 20.5. The average Bonchev–Trinajstić information content (AvgIpc) is 2.50. The minimum absolute atomic E-state index is 0.196. The summed E-state index contributed by atoms with van der Waals surface area (Å²) in [4.78, 5) is 0.702. The number of nitriles is 1. The summed E-state index contributed by atoms with van der Waals surface area (Å²) in [5.74, 6) is 0.196. The maximum Gasteiger partial charge on any atom is 0.135 e. The fourth-order valence-electron chi connectivity index (χ4n) is 1.20. The van der Waals surface area contributed by atoms with E-state index in [9.17, 15) is 5.11 Å². The van der Waals surface area contributed by atoms with Crippen LogP contribution in [0, 0.1) is 11.3 Å². The van der Waals surface area contributed by atoms with Gasteiger partial charge in [-0.2, -0.15) is 5.26 Å². The number of hydrogen-bond donors (Lipinski definition) is 2. The maximum atomic E-state index is 9.46. The first-order chi connectivity index (χ1) is 6.24. The molecule has 2 rings (SSSR count). The summed E-state index contributed by atoms with van der Waals surface area (Å²) in [6.07, 6.45) is 0. The van der Waals surface area contributed by atoms with E-state index in [0.717, 1.165) is 4.70 Å². The second kappa shape index (κ2) is 2.95. The fourth-order valence-corrected chi connectivity index (χ4v) is 2.50. The number of thiophene rings is 1. The molecule has 1 aromatic carbocycles. The molecule has 2 nitrogen and oxygen atoms in total. The third-order valence-corrected chi connectivity index (χ3v) is 3.17. The average molecular weight is 207 g/mol. The Balaban J connectivity index is 2.97. The smallest absolute Gasteiger partial charge is 0.135 e. The Morgan fingerprint density at radius 3 is 2.92 bits per heavy atom. The van der Waals surface area contributed by atoms with Crippen molar-refractivity contribution in [2.75, 3.05) is 0 Å². The van der Waals surface area contributed by atoms with Gasteiger partial charge in [0.1, 0.15) is 11.8 Å². The fraction of sp³-hybridized carbons (Fsp3) is 0. The molecular formula is C9H5NOS2. The van der Waals surface area contributed by atoms with E-state index in [-0.39, 0.29) is 5.75 Å². The lowest BCUT2D eigenvalue weighted by Gasteiger charge is -1.96. The highest BCUT2D eigenvalue weighted by Crippen LogP contribution is 2.37. The Kier molecular flexibility index (Phi) is 1.91. The van der Waals surface area contributed by atoms with Gasteiger partial charge in [-0.1, -0.05) is 0 Å². The second-order valence-electron chi connectivity index (χ2n) is 2.57. The Bertz CT molecular complexity index is 510. The number of rotatable bonds is 0. The van der Waals surface area contributed by atoms with Gasteiger partial charge in [0.05, 0.1) is 10.3 Å². The van der Waals surface area contributed by atoms with E-state index in [0.29, 0.717) is 15.8 Å². The van der Waals surface area contributed by atoms with Gasteiger partial charge in [-0.25, -0.2) is 0 Å². The van der Waals surface area contributed by atoms with Crippen LogP contribution in [-0.2, 0) is 0 Å². The van der Waals surface area contributed by atoms with Gasteiger partial charge in [0, 0.05) is 15.7 Å². The monoisotopic (exact) mass is 207 g/mol. The molecule has 0 amide bonds. The summed E-state index contributed by atoms with van der Waals surface area (Å²) < 4.78 is 0.799. The predicted octanol–water partition coefficient (Wildman–Crippen LogP) is 2.77. The first-order valence-electron chi connectivity index (χ1n) is 3.56. The molecule has 0 saturated heterocycles. The standard InChI is InChI=1S/C9H5NOS2/c10-3-5-1-2-7(12)8-6(11)4-13-9(5)8/h1-2,4,11-12H. The zero-order valence-corrected chi connectivity index (χ0v) is 8.19. The van der Waals surface area contributed by atoms with Crippen LogP contribution in [0.3, 0.4) is 0 Å². The molecule has 4 heteroatoms. The van der Waals surface area contributed by atoms with Crippen molar-refractivity contribution in [3.63, 3.8) is 0 Å². The number of benzene rings is 1. The Hall–Kier alpha value is -1.18. The molecule has 0 bridgehead atoms. The lowest BCUT2D eigenvalue weighted by molar-refractivity contribution is 0.483. The van der Waals surface area contributed by atoms with Crippen LogP contribution in [-0.4, -0.2) is 5.11 Å². The van der Waals surface area contributed by atoms with Crippen molar-refractivity contribution in [2.45, 2.75) is 4.90 Å². The molecule has 0 unspecified atom stereocenters. The van der Waals surface area contributed by atoms with Crippen molar-refractivity contribution >= 4 is 34.1 Å². The van der Waals surface area contributed by atoms with Crippen molar-refractivity contribution in [1.29, 1.82) is 5.26 Å². The van der Waals surface area contributed by atoms with E-state index in [4.69, 9.17) is 5.26 Å². The number of aromatic hydroxyl groups is 1. The number of nitrogens with zero attached hydrogens (tertiary/aromatic N) is 1. The minimum atomic E-state index is 0.196. The van der Waals surface area contributed by atoms with E-state index in [1.807, 2.05) is 0 Å². The molecule has 1 N–H and O–H groups in total. The van der Waals surface area contributed by atoms with Gasteiger partial charge >= 0.3 is 0 Å². The van der Waals surface area contributed by atoms with Gasteiger partial charge in [-0.3, -0.25) is 0 Å². The van der Waals surface area contributed by atoms with Gasteiger partial charge in [0.25, 0.3) is 0 Å². The maximum absolute atomic E-state index is 9.46. The third kappa shape index (κ3) is 1.17. The number of thiol groups is 1. The van der Waals surface area contributed by atoms with Crippen LogP contribution in [0.4, 0.5) is 0 Å². The summed E-state index contributed by atoms with van der Waals surface area (Å²) >= 11 is 5.57. The molecule has 0 spiro atoms. The van der Waals surface area contributed by atoms with Gasteiger partial charge in [0.15, 0.2) is 0 Å². The van der Waals surface area contributed by atoms with E-state index < -0.39 is 0 Å².